The highest BCUT2D eigenvalue weighted by Gasteiger charge is 2.40. The van der Waals surface area contributed by atoms with Gasteiger partial charge >= 0.3 is 0 Å². The van der Waals surface area contributed by atoms with Gasteiger partial charge in [-0.05, 0) is 31.3 Å². The number of carbonyl (C=O) groups is 1. The zero-order valence-corrected chi connectivity index (χ0v) is 17.1. The Morgan fingerprint density at radius 1 is 1.10 bits per heavy atom. The maximum absolute atomic E-state index is 12.3. The summed E-state index contributed by atoms with van der Waals surface area (Å²) in [5.41, 5.74) is 6.74. The zero-order valence-electron chi connectivity index (χ0n) is 17.1. The minimum Gasteiger partial charge on any atom is -0.293 e. The van der Waals surface area contributed by atoms with Gasteiger partial charge in [-0.3, -0.25) is 34.2 Å². The molecule has 1 N–H and O–H groups in total. The van der Waals surface area contributed by atoms with Crippen molar-refractivity contribution in [2.45, 2.75) is 12.1 Å². The van der Waals surface area contributed by atoms with Crippen LogP contribution in [0.25, 0.3) is 22.0 Å². The SMILES string of the molecule is CN1CC(ONC(=O)c2ccncc2)C1c1cc2cc(-c3cnn(C)c3)cnc2cn1. The smallest absolute Gasteiger partial charge is 0.274 e. The highest BCUT2D eigenvalue weighted by molar-refractivity contribution is 5.93. The van der Waals surface area contributed by atoms with Crippen LogP contribution in [0, 0.1) is 0 Å². The summed E-state index contributed by atoms with van der Waals surface area (Å²) in [5, 5.41) is 5.22. The van der Waals surface area contributed by atoms with Crippen molar-refractivity contribution in [3.05, 3.63) is 72.7 Å². The molecule has 1 amide bonds. The molecule has 0 aliphatic carbocycles. The van der Waals surface area contributed by atoms with E-state index in [0.29, 0.717) is 12.1 Å². The number of nitrogens with one attached hydrogen (secondary N) is 1. The van der Waals surface area contributed by atoms with E-state index in [1.54, 1.807) is 35.4 Å². The van der Waals surface area contributed by atoms with Crippen molar-refractivity contribution < 1.29 is 9.63 Å². The molecule has 2 atom stereocenters. The van der Waals surface area contributed by atoms with E-state index in [4.69, 9.17) is 4.84 Å². The van der Waals surface area contributed by atoms with Gasteiger partial charge < -0.3 is 0 Å². The van der Waals surface area contributed by atoms with Gasteiger partial charge in [0.15, 0.2) is 0 Å². The largest absolute Gasteiger partial charge is 0.293 e. The summed E-state index contributed by atoms with van der Waals surface area (Å²) in [4.78, 5) is 33.2. The summed E-state index contributed by atoms with van der Waals surface area (Å²) in [7, 11) is 3.89. The second-order valence-electron chi connectivity index (χ2n) is 7.64. The predicted octanol–water partition coefficient (Wildman–Crippen LogP) is 2.14. The first-order chi connectivity index (χ1) is 15.1. The first kappa shape index (κ1) is 19.3. The van der Waals surface area contributed by atoms with E-state index in [1.165, 1.54) is 0 Å². The van der Waals surface area contributed by atoms with Crippen molar-refractivity contribution in [1.82, 2.24) is 35.1 Å². The van der Waals surface area contributed by atoms with Gasteiger partial charge in [0.05, 0.1) is 29.6 Å². The topological polar surface area (TPSA) is 98.1 Å². The quantitative estimate of drug-likeness (QED) is 0.499. The lowest BCUT2D eigenvalue weighted by atomic mass is 9.95. The van der Waals surface area contributed by atoms with Crippen molar-refractivity contribution in [3.63, 3.8) is 0 Å². The van der Waals surface area contributed by atoms with Crippen LogP contribution in [0.2, 0.25) is 0 Å². The highest BCUT2D eigenvalue weighted by Crippen LogP contribution is 2.34. The fourth-order valence-corrected chi connectivity index (χ4v) is 3.79. The number of hydroxylamine groups is 1. The van der Waals surface area contributed by atoms with Crippen molar-refractivity contribution in [1.29, 1.82) is 0 Å². The Bertz CT molecular complexity index is 1240. The van der Waals surface area contributed by atoms with Crippen LogP contribution in [0.15, 0.2) is 61.4 Å². The maximum Gasteiger partial charge on any atom is 0.274 e. The minimum absolute atomic E-state index is 0.0656. The number of aryl methyl sites for hydroxylation is 1. The molecule has 1 saturated heterocycles. The number of aromatic nitrogens is 5. The van der Waals surface area contributed by atoms with Gasteiger partial charge in [0.2, 0.25) is 0 Å². The van der Waals surface area contributed by atoms with E-state index in [0.717, 1.165) is 27.7 Å². The molecule has 5 rings (SSSR count). The average Bonchev–Trinajstić information content (AvgIpc) is 3.22. The lowest BCUT2D eigenvalue weighted by Gasteiger charge is -2.44. The van der Waals surface area contributed by atoms with E-state index < -0.39 is 0 Å². The lowest BCUT2D eigenvalue weighted by molar-refractivity contribution is -0.126. The Balaban J connectivity index is 1.35. The van der Waals surface area contributed by atoms with Crippen LogP contribution < -0.4 is 5.48 Å². The van der Waals surface area contributed by atoms with Crippen LogP contribution in [0.1, 0.15) is 22.1 Å². The van der Waals surface area contributed by atoms with Gasteiger partial charge in [0.25, 0.3) is 5.91 Å². The summed E-state index contributed by atoms with van der Waals surface area (Å²) in [6.07, 6.45) is 10.3. The average molecular weight is 415 g/mol. The molecule has 0 radical (unpaired) electrons. The van der Waals surface area contributed by atoms with Crippen molar-refractivity contribution in [2.24, 2.45) is 7.05 Å². The van der Waals surface area contributed by atoms with Gasteiger partial charge in [0.1, 0.15) is 6.10 Å². The number of nitrogens with zero attached hydrogens (tertiary/aromatic N) is 6. The van der Waals surface area contributed by atoms with Gasteiger partial charge in [-0.1, -0.05) is 0 Å². The Morgan fingerprint density at radius 3 is 2.68 bits per heavy atom. The number of hydrogen-bond donors (Lipinski definition) is 1. The molecule has 2 unspecified atom stereocenters. The lowest BCUT2D eigenvalue weighted by Crippen LogP contribution is -2.55. The summed E-state index contributed by atoms with van der Waals surface area (Å²) >= 11 is 0. The molecule has 0 aromatic carbocycles. The fraction of sp³-hybridized carbons (Fsp3) is 0.227. The standard InChI is InChI=1S/C22H21N7O2/c1-28-13-20(31-27-22(30)14-3-5-23-6-4-14)21(28)18-8-15-7-16(9-24-19(15)11-25-18)17-10-26-29(2)12-17/h3-12,20-21H,13H2,1-2H3,(H,27,30). The number of carbonyl (C=O) groups excluding carboxylic acids is 1. The monoisotopic (exact) mass is 415 g/mol. The summed E-state index contributed by atoms with van der Waals surface area (Å²) < 4.78 is 1.77. The van der Waals surface area contributed by atoms with Gasteiger partial charge in [-0.2, -0.15) is 5.10 Å². The predicted molar refractivity (Wildman–Crippen MR) is 114 cm³/mol. The van der Waals surface area contributed by atoms with Gasteiger partial charge in [-0.15, -0.1) is 0 Å². The highest BCUT2D eigenvalue weighted by atomic mass is 16.7. The fourth-order valence-electron chi connectivity index (χ4n) is 3.79. The summed E-state index contributed by atoms with van der Waals surface area (Å²) in [5.74, 6) is -0.299. The van der Waals surface area contributed by atoms with E-state index in [2.05, 4.69) is 36.5 Å². The molecule has 4 aromatic heterocycles. The van der Waals surface area contributed by atoms with E-state index in [9.17, 15) is 4.79 Å². The Morgan fingerprint density at radius 2 is 1.94 bits per heavy atom. The molecule has 0 saturated carbocycles. The third kappa shape index (κ3) is 3.76. The van der Waals surface area contributed by atoms with Gasteiger partial charge in [-0.25, -0.2) is 5.48 Å². The van der Waals surface area contributed by atoms with Crippen LogP contribution in [-0.4, -0.2) is 55.2 Å². The van der Waals surface area contributed by atoms with Crippen LogP contribution in [0.4, 0.5) is 0 Å². The molecule has 1 aliphatic rings. The normalized spacial score (nSPS) is 18.6. The maximum atomic E-state index is 12.3. The molecule has 156 valence electrons. The number of amides is 1. The first-order valence-corrected chi connectivity index (χ1v) is 9.89. The molecule has 4 aromatic rings. The molecule has 1 aliphatic heterocycles. The number of likely N-dealkylation sites (N-methyl/N-ethyl adjacent to an activating group) is 1. The Hall–Kier alpha value is -3.69. The number of pyridine rings is 3. The number of rotatable bonds is 5. The van der Waals surface area contributed by atoms with Crippen LogP contribution in [0.5, 0.6) is 0 Å². The Kier molecular flexibility index (Phi) is 4.89. The first-order valence-electron chi connectivity index (χ1n) is 9.89. The zero-order chi connectivity index (χ0) is 21.4. The molecule has 0 bridgehead atoms. The second-order valence-corrected chi connectivity index (χ2v) is 7.64. The van der Waals surface area contributed by atoms with Crippen LogP contribution in [-0.2, 0) is 11.9 Å². The van der Waals surface area contributed by atoms with Crippen LogP contribution in [0.3, 0.4) is 0 Å². The minimum atomic E-state index is -0.299. The number of hydrogen-bond acceptors (Lipinski definition) is 7. The second kappa shape index (κ2) is 7.86. The van der Waals surface area contributed by atoms with Gasteiger partial charge in [0, 0.05) is 60.5 Å². The third-order valence-corrected chi connectivity index (χ3v) is 5.47. The van der Waals surface area contributed by atoms with Crippen molar-refractivity contribution in [3.8, 4) is 11.1 Å². The van der Waals surface area contributed by atoms with Crippen LogP contribution >= 0.6 is 0 Å². The molecule has 31 heavy (non-hydrogen) atoms. The molecular weight excluding hydrogens is 394 g/mol. The van der Waals surface area contributed by atoms with Crippen molar-refractivity contribution >= 4 is 16.8 Å². The molecule has 5 heterocycles. The number of fused-ring (bicyclic) bond motifs is 1. The summed E-state index contributed by atoms with van der Waals surface area (Å²) in [6, 6.07) is 7.33. The molecular formula is C22H21N7O2. The molecule has 1 fully saturated rings. The van der Waals surface area contributed by atoms with E-state index in [1.807, 2.05) is 38.8 Å². The molecule has 9 nitrogen and oxygen atoms in total. The summed E-state index contributed by atoms with van der Waals surface area (Å²) in [6.45, 7) is 0.689. The van der Waals surface area contributed by atoms with E-state index >= 15 is 0 Å². The number of likely N-dealkylation sites (tertiary alicyclic amines) is 1. The van der Waals surface area contributed by atoms with Crippen molar-refractivity contribution in [2.75, 3.05) is 13.6 Å². The van der Waals surface area contributed by atoms with E-state index in [-0.39, 0.29) is 18.1 Å². The molecule has 0 spiro atoms. The Labute approximate surface area is 178 Å². The third-order valence-electron chi connectivity index (χ3n) is 5.47. The molecule has 9 heteroatoms.